The predicted molar refractivity (Wildman–Crippen MR) is 134 cm³/mol. The van der Waals surface area contributed by atoms with Crippen molar-refractivity contribution in [1.82, 2.24) is 0 Å². The van der Waals surface area contributed by atoms with E-state index in [0.717, 1.165) is 0 Å². The Morgan fingerprint density at radius 3 is 1.89 bits per heavy atom. The van der Waals surface area contributed by atoms with E-state index < -0.39 is 52.3 Å². The van der Waals surface area contributed by atoms with Crippen LogP contribution in [0.5, 0.6) is 0 Å². The highest BCUT2D eigenvalue weighted by Gasteiger charge is 2.75. The first-order valence-electron chi connectivity index (χ1n) is 12.2. The number of fused-ring (bicyclic) bond motifs is 1. The molecule has 8 nitrogen and oxygen atoms in total. The van der Waals surface area contributed by atoms with Gasteiger partial charge in [-0.05, 0) is 70.9 Å². The van der Waals surface area contributed by atoms with Crippen molar-refractivity contribution >= 4 is 17.9 Å². The first-order valence-corrected chi connectivity index (χ1v) is 12.2. The lowest BCUT2D eigenvalue weighted by Crippen LogP contribution is -2.77. The minimum atomic E-state index is -2.31. The summed E-state index contributed by atoms with van der Waals surface area (Å²) < 4.78 is 18.2. The van der Waals surface area contributed by atoms with Crippen molar-refractivity contribution < 1.29 is 38.8 Å². The van der Waals surface area contributed by atoms with Crippen LogP contribution in [0.25, 0.3) is 0 Å². The number of esters is 2. The Balaban J connectivity index is 1.87. The fourth-order valence-electron chi connectivity index (χ4n) is 5.62. The zero-order valence-corrected chi connectivity index (χ0v) is 21.3. The summed E-state index contributed by atoms with van der Waals surface area (Å²) in [5.41, 5.74) is -6.54. The molecule has 0 spiro atoms. The number of carbonyl (C=O) groups excluding carboxylic acids is 2. The molecule has 1 aliphatic heterocycles. The zero-order valence-electron chi connectivity index (χ0n) is 21.3. The second-order valence-corrected chi connectivity index (χ2v) is 10.6. The lowest BCUT2D eigenvalue weighted by atomic mass is 9.53. The second-order valence-electron chi connectivity index (χ2n) is 10.6. The van der Waals surface area contributed by atoms with Gasteiger partial charge in [0.15, 0.2) is 0 Å². The summed E-state index contributed by atoms with van der Waals surface area (Å²) in [6.45, 7) is 6.25. The number of rotatable bonds is 5. The molecule has 2 N–H and O–H groups in total. The highest BCUT2D eigenvalue weighted by atomic mass is 16.6. The fraction of sp³-hybridized carbons (Fsp3) is 0.414. The molecule has 1 fully saturated rings. The summed E-state index contributed by atoms with van der Waals surface area (Å²) in [7, 11) is 0. The SMILES string of the molecule is CC1(C)C=C[C@H](OC(=O)c2ccccc2)[C@]2(C)[C@@H](OC(=O)c3ccccc3)CC[C@](C)(O)[C@@]2(C(=O)O)O1. The first-order chi connectivity index (χ1) is 17.3. The van der Waals surface area contributed by atoms with Crippen molar-refractivity contribution in [3.8, 4) is 0 Å². The number of aliphatic hydroxyl groups is 1. The molecular weight excluding hydrogens is 476 g/mol. The number of hydrogen-bond acceptors (Lipinski definition) is 7. The molecule has 0 aromatic heterocycles. The van der Waals surface area contributed by atoms with E-state index in [-0.39, 0.29) is 24.0 Å². The molecule has 4 rings (SSSR count). The number of carbonyl (C=O) groups is 3. The molecule has 0 saturated heterocycles. The smallest absolute Gasteiger partial charge is 0.339 e. The van der Waals surface area contributed by atoms with Crippen LogP contribution in [0.15, 0.2) is 72.8 Å². The summed E-state index contributed by atoms with van der Waals surface area (Å²) in [5, 5.41) is 22.4. The molecule has 2 aromatic carbocycles. The van der Waals surface area contributed by atoms with Crippen LogP contribution in [0.2, 0.25) is 0 Å². The third-order valence-electron chi connectivity index (χ3n) is 7.56. The molecule has 8 heteroatoms. The van der Waals surface area contributed by atoms with E-state index >= 15 is 0 Å². The second kappa shape index (κ2) is 9.43. The highest BCUT2D eigenvalue weighted by molar-refractivity contribution is 5.90. The molecule has 1 saturated carbocycles. The van der Waals surface area contributed by atoms with E-state index in [1.165, 1.54) is 13.8 Å². The molecule has 0 bridgehead atoms. The summed E-state index contributed by atoms with van der Waals surface area (Å²) >= 11 is 0. The van der Waals surface area contributed by atoms with Crippen LogP contribution in [0.3, 0.4) is 0 Å². The molecule has 37 heavy (non-hydrogen) atoms. The Morgan fingerprint density at radius 2 is 1.38 bits per heavy atom. The van der Waals surface area contributed by atoms with Crippen LogP contribution in [0.4, 0.5) is 0 Å². The van der Waals surface area contributed by atoms with E-state index in [9.17, 15) is 24.6 Å². The number of hydrogen-bond donors (Lipinski definition) is 2. The van der Waals surface area contributed by atoms with Gasteiger partial charge in [0.1, 0.15) is 17.8 Å². The molecule has 2 aliphatic rings. The van der Waals surface area contributed by atoms with Gasteiger partial charge in [0.2, 0.25) is 5.60 Å². The van der Waals surface area contributed by atoms with E-state index in [4.69, 9.17) is 14.2 Å². The van der Waals surface area contributed by atoms with Gasteiger partial charge in [0.05, 0.1) is 22.1 Å². The third-order valence-corrected chi connectivity index (χ3v) is 7.56. The predicted octanol–water partition coefficient (Wildman–Crippen LogP) is 4.18. The van der Waals surface area contributed by atoms with Gasteiger partial charge < -0.3 is 24.4 Å². The number of carboxylic acid groups (broad SMARTS) is 1. The van der Waals surface area contributed by atoms with Crippen LogP contribution in [-0.2, 0) is 19.0 Å². The van der Waals surface area contributed by atoms with Gasteiger partial charge in [0.25, 0.3) is 0 Å². The topological polar surface area (TPSA) is 119 Å². The van der Waals surface area contributed by atoms with Crippen LogP contribution in [-0.4, -0.2) is 57.1 Å². The maximum absolute atomic E-state index is 13.2. The average Bonchev–Trinajstić information content (AvgIpc) is 2.96. The molecule has 2 aromatic rings. The standard InChI is InChI=1S/C29H32O8/c1-26(2)17-15-21(35-23(30)19-11-7-5-8-12-19)28(4)22(36-24(31)20-13-9-6-10-14-20)16-18-27(3,34)29(28,37-26)25(32)33/h5-15,17,21-22,34H,16,18H2,1-4H3,(H,32,33)/t21-,22-,27-,28+,29+/m0/s1. The molecule has 5 atom stereocenters. The van der Waals surface area contributed by atoms with Crippen LogP contribution < -0.4 is 0 Å². The van der Waals surface area contributed by atoms with Gasteiger partial charge in [-0.1, -0.05) is 42.5 Å². The first kappa shape index (κ1) is 26.6. The Kier molecular flexibility index (Phi) is 6.77. The summed E-state index contributed by atoms with van der Waals surface area (Å²) in [6, 6.07) is 16.6. The molecular formula is C29H32O8. The van der Waals surface area contributed by atoms with Crippen molar-refractivity contribution in [3.05, 3.63) is 83.9 Å². The normalized spacial score (nSPS) is 32.5. The van der Waals surface area contributed by atoms with Crippen molar-refractivity contribution in [1.29, 1.82) is 0 Å². The van der Waals surface area contributed by atoms with Gasteiger partial charge in [-0.2, -0.15) is 0 Å². The van der Waals surface area contributed by atoms with Gasteiger partial charge in [0, 0.05) is 0 Å². The largest absolute Gasteiger partial charge is 0.479 e. The van der Waals surface area contributed by atoms with Crippen molar-refractivity contribution in [2.24, 2.45) is 5.41 Å². The molecule has 1 aliphatic carbocycles. The molecule has 0 unspecified atom stereocenters. The number of ether oxygens (including phenoxy) is 3. The van der Waals surface area contributed by atoms with Crippen molar-refractivity contribution in [2.45, 2.75) is 69.5 Å². The Bertz CT molecular complexity index is 1200. The van der Waals surface area contributed by atoms with Gasteiger partial charge in [-0.3, -0.25) is 0 Å². The van der Waals surface area contributed by atoms with Crippen molar-refractivity contribution in [2.75, 3.05) is 0 Å². The van der Waals surface area contributed by atoms with Gasteiger partial charge in [-0.15, -0.1) is 0 Å². The van der Waals surface area contributed by atoms with Gasteiger partial charge in [-0.25, -0.2) is 14.4 Å². The lowest BCUT2D eigenvalue weighted by Gasteiger charge is -2.60. The summed E-state index contributed by atoms with van der Waals surface area (Å²) in [4.78, 5) is 39.5. The number of benzene rings is 2. The summed E-state index contributed by atoms with van der Waals surface area (Å²) in [5.74, 6) is -2.79. The van der Waals surface area contributed by atoms with Crippen LogP contribution >= 0.6 is 0 Å². The number of aliphatic carboxylic acids is 1. The quantitative estimate of drug-likeness (QED) is 0.456. The minimum absolute atomic E-state index is 0.0307. The van der Waals surface area contributed by atoms with Crippen LogP contribution in [0.1, 0.15) is 61.3 Å². The monoisotopic (exact) mass is 508 g/mol. The number of carboxylic acids is 1. The maximum Gasteiger partial charge on any atom is 0.339 e. The molecule has 196 valence electrons. The molecule has 1 heterocycles. The Morgan fingerprint density at radius 1 is 0.865 bits per heavy atom. The Labute approximate surface area is 215 Å². The van der Waals surface area contributed by atoms with E-state index in [0.29, 0.717) is 0 Å². The van der Waals surface area contributed by atoms with Crippen LogP contribution in [0, 0.1) is 5.41 Å². The minimum Gasteiger partial charge on any atom is -0.479 e. The van der Waals surface area contributed by atoms with Gasteiger partial charge >= 0.3 is 17.9 Å². The molecule has 0 radical (unpaired) electrons. The molecule has 0 amide bonds. The van der Waals surface area contributed by atoms with E-state index in [2.05, 4.69) is 0 Å². The van der Waals surface area contributed by atoms with E-state index in [1.807, 2.05) is 0 Å². The highest BCUT2D eigenvalue weighted by Crippen LogP contribution is 2.58. The lowest BCUT2D eigenvalue weighted by molar-refractivity contribution is -0.306. The third kappa shape index (κ3) is 4.45. The zero-order chi connectivity index (χ0) is 27.1. The van der Waals surface area contributed by atoms with Crippen molar-refractivity contribution in [3.63, 3.8) is 0 Å². The summed E-state index contributed by atoms with van der Waals surface area (Å²) in [6.07, 6.45) is 0.958. The van der Waals surface area contributed by atoms with E-state index in [1.54, 1.807) is 86.7 Å². The average molecular weight is 509 g/mol. The maximum atomic E-state index is 13.2. The fourth-order valence-corrected chi connectivity index (χ4v) is 5.62. The Hall–Kier alpha value is -3.49.